The average Bonchev–Trinajstić information content (AvgIpc) is 3.11. The number of carbonyl (C=O) groups excluding carboxylic acids is 1. The van der Waals surface area contributed by atoms with Gasteiger partial charge in [-0.05, 0) is 42.3 Å². The fourth-order valence-electron chi connectivity index (χ4n) is 2.76. The number of aryl methyl sites for hydroxylation is 2. The summed E-state index contributed by atoms with van der Waals surface area (Å²) in [6, 6.07) is 1.68. The number of halogens is 1. The first kappa shape index (κ1) is 14.3. The molecule has 1 aliphatic heterocycles. The second-order valence-corrected chi connectivity index (χ2v) is 6.17. The van der Waals surface area contributed by atoms with Crippen LogP contribution in [0.3, 0.4) is 0 Å². The fraction of sp³-hybridized carbons (Fsp3) is 0.500. The zero-order valence-electron chi connectivity index (χ0n) is 12.1. The van der Waals surface area contributed by atoms with E-state index in [0.717, 1.165) is 42.1 Å². The van der Waals surface area contributed by atoms with E-state index in [0.29, 0.717) is 5.69 Å². The molecule has 1 N–H and O–H groups in total. The quantitative estimate of drug-likeness (QED) is 0.918. The van der Waals surface area contributed by atoms with E-state index in [1.54, 1.807) is 0 Å². The highest BCUT2D eigenvalue weighted by Crippen LogP contribution is 2.20. The zero-order chi connectivity index (χ0) is 15.0. The lowest BCUT2D eigenvalue weighted by molar-refractivity contribution is 0.0928. The summed E-state index contributed by atoms with van der Waals surface area (Å²) in [5.41, 5.74) is 0.650. The van der Waals surface area contributed by atoms with E-state index in [2.05, 4.69) is 36.0 Å². The first-order valence-corrected chi connectivity index (χ1v) is 7.98. The second-order valence-electron chi connectivity index (χ2n) is 5.25. The molecular formula is C14H18BrN5O. The molecule has 0 aromatic carbocycles. The Hall–Kier alpha value is -1.63. The molecule has 0 radical (unpaired) electrons. The molecule has 2 aromatic rings. The van der Waals surface area contributed by atoms with Crippen molar-refractivity contribution in [3.05, 3.63) is 34.1 Å². The van der Waals surface area contributed by atoms with Crippen molar-refractivity contribution in [2.45, 2.75) is 45.8 Å². The van der Waals surface area contributed by atoms with Crippen LogP contribution in [0.2, 0.25) is 0 Å². The van der Waals surface area contributed by atoms with Gasteiger partial charge in [-0.3, -0.25) is 4.79 Å². The number of nitrogens with one attached hydrogen (secondary N) is 1. The molecule has 0 spiro atoms. The highest BCUT2D eigenvalue weighted by Gasteiger charge is 2.23. The van der Waals surface area contributed by atoms with Crippen LogP contribution in [0.15, 0.2) is 16.7 Å². The first-order valence-electron chi connectivity index (χ1n) is 7.18. The molecule has 0 fully saturated rings. The Morgan fingerprint density at radius 1 is 1.52 bits per heavy atom. The predicted molar refractivity (Wildman–Crippen MR) is 82.0 cm³/mol. The minimum Gasteiger partial charge on any atom is -0.343 e. The van der Waals surface area contributed by atoms with E-state index < -0.39 is 0 Å². The standard InChI is InChI=1S/C14H18BrN5O/c1-3-19-8-10(15)7-11(19)14(21)16-9(2)13-18-17-12-5-4-6-20(12)13/h7-9H,3-6H2,1-2H3,(H,16,21). The van der Waals surface area contributed by atoms with Crippen LogP contribution >= 0.6 is 15.9 Å². The Kier molecular flexibility index (Phi) is 3.84. The van der Waals surface area contributed by atoms with Crippen LogP contribution in [0.25, 0.3) is 0 Å². The van der Waals surface area contributed by atoms with Gasteiger partial charge in [0.1, 0.15) is 11.5 Å². The summed E-state index contributed by atoms with van der Waals surface area (Å²) in [6.07, 6.45) is 3.98. The normalized spacial score (nSPS) is 15.0. The molecule has 1 aliphatic rings. The molecule has 0 saturated heterocycles. The number of carbonyl (C=O) groups is 1. The maximum Gasteiger partial charge on any atom is 0.268 e. The van der Waals surface area contributed by atoms with Crippen LogP contribution in [0.1, 0.15) is 48.4 Å². The molecular weight excluding hydrogens is 334 g/mol. The molecule has 1 unspecified atom stereocenters. The van der Waals surface area contributed by atoms with Gasteiger partial charge < -0.3 is 14.5 Å². The van der Waals surface area contributed by atoms with Gasteiger partial charge in [0.25, 0.3) is 5.91 Å². The molecule has 0 saturated carbocycles. The van der Waals surface area contributed by atoms with Crippen molar-refractivity contribution in [1.82, 2.24) is 24.6 Å². The summed E-state index contributed by atoms with van der Waals surface area (Å²) in [5.74, 6) is 1.76. The highest BCUT2D eigenvalue weighted by molar-refractivity contribution is 9.10. The van der Waals surface area contributed by atoms with Gasteiger partial charge in [0, 0.05) is 30.2 Å². The minimum atomic E-state index is -0.157. The maximum atomic E-state index is 12.4. The molecule has 3 rings (SSSR count). The van der Waals surface area contributed by atoms with E-state index in [4.69, 9.17) is 0 Å². The Bertz CT molecular complexity index is 675. The van der Waals surface area contributed by atoms with E-state index in [-0.39, 0.29) is 11.9 Å². The van der Waals surface area contributed by atoms with E-state index in [1.165, 1.54) is 0 Å². The van der Waals surface area contributed by atoms with E-state index in [9.17, 15) is 4.79 Å². The number of rotatable bonds is 4. The molecule has 1 amide bonds. The van der Waals surface area contributed by atoms with Gasteiger partial charge >= 0.3 is 0 Å². The third-order valence-corrected chi connectivity index (χ3v) is 4.24. The number of aromatic nitrogens is 4. The summed E-state index contributed by atoms with van der Waals surface area (Å²) in [7, 11) is 0. The lowest BCUT2D eigenvalue weighted by Gasteiger charge is -2.14. The van der Waals surface area contributed by atoms with Gasteiger partial charge in [-0.1, -0.05) is 0 Å². The molecule has 2 aromatic heterocycles. The largest absolute Gasteiger partial charge is 0.343 e. The minimum absolute atomic E-state index is 0.0922. The number of nitrogens with zero attached hydrogens (tertiary/aromatic N) is 4. The van der Waals surface area contributed by atoms with E-state index >= 15 is 0 Å². The third-order valence-electron chi connectivity index (χ3n) is 3.81. The second kappa shape index (κ2) is 5.63. The van der Waals surface area contributed by atoms with Crippen molar-refractivity contribution in [1.29, 1.82) is 0 Å². The molecule has 0 bridgehead atoms. The monoisotopic (exact) mass is 351 g/mol. The molecule has 3 heterocycles. The molecule has 7 heteroatoms. The van der Waals surface area contributed by atoms with Crippen molar-refractivity contribution >= 4 is 21.8 Å². The molecule has 112 valence electrons. The molecule has 21 heavy (non-hydrogen) atoms. The van der Waals surface area contributed by atoms with Crippen LogP contribution in [0.5, 0.6) is 0 Å². The van der Waals surface area contributed by atoms with Crippen LogP contribution in [-0.4, -0.2) is 25.2 Å². The lowest BCUT2D eigenvalue weighted by Crippen LogP contribution is -2.30. The van der Waals surface area contributed by atoms with Crippen LogP contribution in [0, 0.1) is 0 Å². The fourth-order valence-corrected chi connectivity index (χ4v) is 3.22. The summed E-state index contributed by atoms with van der Waals surface area (Å²) >= 11 is 3.41. The SMILES string of the molecule is CCn1cc(Br)cc1C(=O)NC(C)c1nnc2n1CCC2. The number of hydrogen-bond donors (Lipinski definition) is 1. The summed E-state index contributed by atoms with van der Waals surface area (Å²) in [6.45, 7) is 5.65. The number of amides is 1. The summed E-state index contributed by atoms with van der Waals surface area (Å²) in [5, 5.41) is 11.4. The van der Waals surface area contributed by atoms with Gasteiger partial charge in [-0.2, -0.15) is 0 Å². The molecule has 1 atom stereocenters. The molecule has 0 aliphatic carbocycles. The Balaban J connectivity index is 1.77. The van der Waals surface area contributed by atoms with Gasteiger partial charge in [0.15, 0.2) is 5.82 Å². The van der Waals surface area contributed by atoms with Crippen LogP contribution in [-0.2, 0) is 19.5 Å². The van der Waals surface area contributed by atoms with Gasteiger partial charge in [-0.15, -0.1) is 10.2 Å². The van der Waals surface area contributed by atoms with Crippen molar-refractivity contribution < 1.29 is 4.79 Å². The van der Waals surface area contributed by atoms with Crippen LogP contribution < -0.4 is 5.32 Å². The van der Waals surface area contributed by atoms with Crippen molar-refractivity contribution in [3.63, 3.8) is 0 Å². The average molecular weight is 352 g/mol. The van der Waals surface area contributed by atoms with Crippen molar-refractivity contribution in [2.24, 2.45) is 0 Å². The predicted octanol–water partition coefficient (Wildman–Crippen LogP) is 2.30. The molecule has 6 nitrogen and oxygen atoms in total. The summed E-state index contributed by atoms with van der Waals surface area (Å²) < 4.78 is 4.94. The number of fused-ring (bicyclic) bond motifs is 1. The Morgan fingerprint density at radius 2 is 2.33 bits per heavy atom. The van der Waals surface area contributed by atoms with Gasteiger partial charge in [0.2, 0.25) is 0 Å². The maximum absolute atomic E-state index is 12.4. The third kappa shape index (κ3) is 2.62. The Morgan fingerprint density at radius 3 is 3.10 bits per heavy atom. The highest BCUT2D eigenvalue weighted by atomic mass is 79.9. The van der Waals surface area contributed by atoms with Crippen molar-refractivity contribution in [3.8, 4) is 0 Å². The van der Waals surface area contributed by atoms with E-state index in [1.807, 2.05) is 30.7 Å². The van der Waals surface area contributed by atoms with Crippen LogP contribution in [0.4, 0.5) is 0 Å². The lowest BCUT2D eigenvalue weighted by atomic mass is 10.3. The smallest absolute Gasteiger partial charge is 0.268 e. The van der Waals surface area contributed by atoms with Gasteiger partial charge in [-0.25, -0.2) is 0 Å². The Labute approximate surface area is 131 Å². The van der Waals surface area contributed by atoms with Crippen molar-refractivity contribution in [2.75, 3.05) is 0 Å². The summed E-state index contributed by atoms with van der Waals surface area (Å²) in [4.78, 5) is 12.4. The zero-order valence-corrected chi connectivity index (χ0v) is 13.7. The first-order chi connectivity index (χ1) is 10.1. The number of hydrogen-bond acceptors (Lipinski definition) is 3. The topological polar surface area (TPSA) is 64.7 Å². The van der Waals surface area contributed by atoms with Gasteiger partial charge in [0.05, 0.1) is 6.04 Å².